The zero-order valence-electron chi connectivity index (χ0n) is 10.1. The molecule has 0 aromatic heterocycles. The first-order valence-electron chi connectivity index (χ1n) is 5.28. The second-order valence-corrected chi connectivity index (χ2v) is 4.79. The lowest BCUT2D eigenvalue weighted by Gasteiger charge is -2.20. The summed E-state index contributed by atoms with van der Waals surface area (Å²) in [4.78, 5) is 11.4. The molecule has 94 valence electrons. The van der Waals surface area contributed by atoms with Crippen LogP contribution in [0.5, 0.6) is 0 Å². The summed E-state index contributed by atoms with van der Waals surface area (Å²) in [7, 11) is 0. The van der Waals surface area contributed by atoms with Gasteiger partial charge in [-0.25, -0.2) is 13.6 Å². The lowest BCUT2D eigenvalue weighted by Crippen LogP contribution is -2.46. The maximum atomic E-state index is 13.2. The summed E-state index contributed by atoms with van der Waals surface area (Å²) < 4.78 is 25.9. The molecule has 1 aromatic carbocycles. The fourth-order valence-corrected chi connectivity index (χ4v) is 1.23. The number of hydrogen-bond donors (Lipinski definition) is 2. The van der Waals surface area contributed by atoms with E-state index in [2.05, 4.69) is 10.6 Å². The van der Waals surface area contributed by atoms with Crippen LogP contribution in [0.3, 0.4) is 0 Å². The van der Waals surface area contributed by atoms with Crippen molar-refractivity contribution >= 4 is 6.03 Å². The Morgan fingerprint density at radius 2 is 1.94 bits per heavy atom. The zero-order valence-corrected chi connectivity index (χ0v) is 10.1. The standard InChI is InChI=1S/C12H16F2N2O/c1-12(2,3)16-11(17)15-7-8-4-5-9(13)6-10(8)14/h4-6H,7H2,1-3H3,(H2,15,16,17). The Bertz CT molecular complexity index is 413. The van der Waals surface area contributed by atoms with Gasteiger partial charge in [-0.05, 0) is 26.8 Å². The number of hydrogen-bond acceptors (Lipinski definition) is 1. The van der Waals surface area contributed by atoms with Crippen LogP contribution in [-0.2, 0) is 6.54 Å². The molecule has 1 aromatic rings. The van der Waals surface area contributed by atoms with Crippen LogP contribution in [0.25, 0.3) is 0 Å². The minimum Gasteiger partial charge on any atom is -0.334 e. The molecule has 0 bridgehead atoms. The van der Waals surface area contributed by atoms with Crippen molar-refractivity contribution in [3.05, 3.63) is 35.4 Å². The van der Waals surface area contributed by atoms with E-state index in [1.807, 2.05) is 20.8 Å². The molecule has 0 unspecified atom stereocenters. The van der Waals surface area contributed by atoms with Gasteiger partial charge in [0, 0.05) is 23.7 Å². The van der Waals surface area contributed by atoms with Gasteiger partial charge in [0.25, 0.3) is 0 Å². The molecule has 1 rings (SSSR count). The molecule has 0 fully saturated rings. The molecule has 2 N–H and O–H groups in total. The molecular formula is C12H16F2N2O. The third-order valence-corrected chi connectivity index (χ3v) is 1.94. The van der Waals surface area contributed by atoms with Gasteiger partial charge in [-0.15, -0.1) is 0 Å². The normalized spacial score (nSPS) is 11.1. The van der Waals surface area contributed by atoms with E-state index in [1.165, 1.54) is 6.07 Å². The van der Waals surface area contributed by atoms with E-state index in [0.29, 0.717) is 0 Å². The summed E-state index contributed by atoms with van der Waals surface area (Å²) in [6.07, 6.45) is 0. The van der Waals surface area contributed by atoms with Crippen molar-refractivity contribution < 1.29 is 13.6 Å². The molecule has 0 aliphatic carbocycles. The molecule has 0 heterocycles. The van der Waals surface area contributed by atoms with Crippen LogP contribution >= 0.6 is 0 Å². The maximum Gasteiger partial charge on any atom is 0.315 e. The molecule has 0 atom stereocenters. The predicted molar refractivity (Wildman–Crippen MR) is 61.5 cm³/mol. The van der Waals surface area contributed by atoms with E-state index >= 15 is 0 Å². The summed E-state index contributed by atoms with van der Waals surface area (Å²) in [6.45, 7) is 5.54. The van der Waals surface area contributed by atoms with E-state index in [9.17, 15) is 13.6 Å². The Morgan fingerprint density at radius 1 is 1.29 bits per heavy atom. The van der Waals surface area contributed by atoms with Gasteiger partial charge in [0.05, 0.1) is 0 Å². The van der Waals surface area contributed by atoms with Crippen molar-refractivity contribution in [3.63, 3.8) is 0 Å². The van der Waals surface area contributed by atoms with Gasteiger partial charge in [0.2, 0.25) is 0 Å². The van der Waals surface area contributed by atoms with Crippen LogP contribution < -0.4 is 10.6 Å². The molecule has 5 heteroatoms. The van der Waals surface area contributed by atoms with Gasteiger partial charge in [-0.1, -0.05) is 6.07 Å². The molecule has 0 saturated carbocycles. The molecule has 0 radical (unpaired) electrons. The van der Waals surface area contributed by atoms with Crippen LogP contribution in [-0.4, -0.2) is 11.6 Å². The van der Waals surface area contributed by atoms with Crippen LogP contribution in [0.1, 0.15) is 26.3 Å². The fraction of sp³-hybridized carbons (Fsp3) is 0.417. The molecule has 0 aliphatic rings. The number of nitrogens with one attached hydrogen (secondary N) is 2. The predicted octanol–water partition coefficient (Wildman–Crippen LogP) is 2.56. The van der Waals surface area contributed by atoms with E-state index in [1.54, 1.807) is 0 Å². The van der Waals surface area contributed by atoms with Gasteiger partial charge >= 0.3 is 6.03 Å². The summed E-state index contributed by atoms with van der Waals surface area (Å²) in [5.41, 5.74) is -0.110. The average Bonchev–Trinajstić information content (AvgIpc) is 2.13. The van der Waals surface area contributed by atoms with Crippen molar-refractivity contribution in [3.8, 4) is 0 Å². The third kappa shape index (κ3) is 4.80. The molecule has 0 saturated heterocycles. The van der Waals surface area contributed by atoms with Crippen LogP contribution in [0.2, 0.25) is 0 Å². The second-order valence-electron chi connectivity index (χ2n) is 4.79. The van der Waals surface area contributed by atoms with E-state index in [0.717, 1.165) is 12.1 Å². The third-order valence-electron chi connectivity index (χ3n) is 1.94. The second kappa shape index (κ2) is 5.12. The molecule has 3 nitrogen and oxygen atoms in total. The van der Waals surface area contributed by atoms with Crippen molar-refractivity contribution in [2.75, 3.05) is 0 Å². The number of benzene rings is 1. The monoisotopic (exact) mass is 242 g/mol. The number of amides is 2. The Morgan fingerprint density at radius 3 is 2.47 bits per heavy atom. The lowest BCUT2D eigenvalue weighted by atomic mass is 10.1. The summed E-state index contributed by atoms with van der Waals surface area (Å²) in [6, 6.07) is 2.86. The minimum absolute atomic E-state index is 0.0219. The summed E-state index contributed by atoms with van der Waals surface area (Å²) >= 11 is 0. The number of halogens is 2. The maximum absolute atomic E-state index is 13.2. The Balaban J connectivity index is 2.53. The SMILES string of the molecule is CC(C)(C)NC(=O)NCc1ccc(F)cc1F. The Labute approximate surface area is 99.2 Å². The van der Waals surface area contributed by atoms with Gasteiger partial charge in [0.15, 0.2) is 0 Å². The first-order valence-corrected chi connectivity index (χ1v) is 5.28. The first kappa shape index (κ1) is 13.4. The quantitative estimate of drug-likeness (QED) is 0.822. The fourth-order valence-electron chi connectivity index (χ4n) is 1.23. The van der Waals surface area contributed by atoms with Gasteiger partial charge in [0.1, 0.15) is 11.6 Å². The molecule has 17 heavy (non-hydrogen) atoms. The Kier molecular flexibility index (Phi) is 4.04. The molecule has 0 spiro atoms. The van der Waals surface area contributed by atoms with E-state index in [4.69, 9.17) is 0 Å². The van der Waals surface area contributed by atoms with Crippen molar-refractivity contribution in [2.45, 2.75) is 32.9 Å². The topological polar surface area (TPSA) is 41.1 Å². The smallest absolute Gasteiger partial charge is 0.315 e. The Hall–Kier alpha value is -1.65. The number of carbonyl (C=O) groups is 1. The number of carbonyl (C=O) groups excluding carboxylic acids is 1. The number of rotatable bonds is 2. The highest BCUT2D eigenvalue weighted by molar-refractivity contribution is 5.74. The van der Waals surface area contributed by atoms with E-state index < -0.39 is 11.6 Å². The van der Waals surface area contributed by atoms with Gasteiger partial charge < -0.3 is 10.6 Å². The van der Waals surface area contributed by atoms with Crippen molar-refractivity contribution in [1.29, 1.82) is 0 Å². The van der Waals surface area contributed by atoms with Crippen molar-refractivity contribution in [2.24, 2.45) is 0 Å². The summed E-state index contributed by atoms with van der Waals surface area (Å²) in [5.74, 6) is -1.30. The minimum atomic E-state index is -0.666. The molecule has 2 amide bonds. The highest BCUT2D eigenvalue weighted by atomic mass is 19.1. The van der Waals surface area contributed by atoms with Gasteiger partial charge in [-0.3, -0.25) is 0 Å². The van der Waals surface area contributed by atoms with Gasteiger partial charge in [-0.2, -0.15) is 0 Å². The molecule has 0 aliphatic heterocycles. The zero-order chi connectivity index (χ0) is 13.1. The highest BCUT2D eigenvalue weighted by Crippen LogP contribution is 2.09. The number of urea groups is 1. The van der Waals surface area contributed by atoms with Crippen LogP contribution in [0, 0.1) is 11.6 Å². The van der Waals surface area contributed by atoms with Crippen LogP contribution in [0.4, 0.5) is 13.6 Å². The lowest BCUT2D eigenvalue weighted by molar-refractivity contribution is 0.231. The van der Waals surface area contributed by atoms with Crippen molar-refractivity contribution in [1.82, 2.24) is 10.6 Å². The summed E-state index contributed by atoms with van der Waals surface area (Å²) in [5, 5.41) is 5.18. The van der Waals surface area contributed by atoms with Crippen LogP contribution in [0.15, 0.2) is 18.2 Å². The highest BCUT2D eigenvalue weighted by Gasteiger charge is 2.13. The first-order chi connectivity index (χ1) is 7.78. The molecular weight excluding hydrogens is 226 g/mol. The largest absolute Gasteiger partial charge is 0.334 e. The van der Waals surface area contributed by atoms with E-state index in [-0.39, 0.29) is 23.7 Å². The average molecular weight is 242 g/mol.